The van der Waals surface area contributed by atoms with Gasteiger partial charge in [0.2, 0.25) is 5.91 Å². The van der Waals surface area contributed by atoms with Crippen molar-refractivity contribution in [1.82, 2.24) is 10.2 Å². The van der Waals surface area contributed by atoms with Gasteiger partial charge in [-0.2, -0.15) is 11.8 Å². The zero-order chi connectivity index (χ0) is 13.5. The molecule has 0 spiro atoms. The molecule has 118 valence electrons. The molecule has 0 aromatic rings. The second kappa shape index (κ2) is 9.91. The minimum Gasteiger partial charge on any atom is -0.342 e. The molecule has 0 bridgehead atoms. The Hall–Kier alpha value is 0.0700. The van der Waals surface area contributed by atoms with Crippen LogP contribution in [-0.4, -0.2) is 48.0 Å². The number of amides is 1. The molecule has 2 rings (SSSR count). The molecule has 1 amide bonds. The van der Waals surface area contributed by atoms with Crippen molar-refractivity contribution in [3.63, 3.8) is 0 Å². The number of hydrogen-bond acceptors (Lipinski definition) is 3. The number of likely N-dealkylation sites (tertiary alicyclic amines) is 1. The predicted molar refractivity (Wildman–Crippen MR) is 89.8 cm³/mol. The molecule has 0 aromatic carbocycles. The maximum atomic E-state index is 12.4. The Morgan fingerprint density at radius 2 is 2.20 bits per heavy atom. The van der Waals surface area contributed by atoms with E-state index in [2.05, 4.69) is 17.1 Å². The summed E-state index contributed by atoms with van der Waals surface area (Å²) in [5.41, 5.74) is 0. The smallest absolute Gasteiger partial charge is 0.222 e. The number of halogens is 1. The van der Waals surface area contributed by atoms with Gasteiger partial charge in [-0.05, 0) is 50.4 Å². The lowest BCUT2D eigenvalue weighted by Crippen LogP contribution is -2.35. The van der Waals surface area contributed by atoms with Crippen molar-refractivity contribution in [3.05, 3.63) is 0 Å². The van der Waals surface area contributed by atoms with E-state index in [-0.39, 0.29) is 12.4 Å². The summed E-state index contributed by atoms with van der Waals surface area (Å²) in [6.07, 6.45) is 6.85. The minimum absolute atomic E-state index is 0. The van der Waals surface area contributed by atoms with Crippen LogP contribution in [0.3, 0.4) is 0 Å². The summed E-state index contributed by atoms with van der Waals surface area (Å²) in [6, 6.07) is 0. The van der Waals surface area contributed by atoms with Crippen LogP contribution in [0.1, 0.15) is 45.4 Å². The Bertz CT molecular complexity index is 285. The van der Waals surface area contributed by atoms with Gasteiger partial charge < -0.3 is 10.2 Å². The van der Waals surface area contributed by atoms with Gasteiger partial charge in [0.15, 0.2) is 0 Å². The van der Waals surface area contributed by atoms with Gasteiger partial charge in [0.1, 0.15) is 0 Å². The summed E-state index contributed by atoms with van der Waals surface area (Å²) < 4.78 is 0. The molecule has 2 fully saturated rings. The molecule has 2 saturated heterocycles. The second-order valence-corrected chi connectivity index (χ2v) is 7.39. The molecule has 0 saturated carbocycles. The molecule has 2 aliphatic rings. The third-order valence-electron chi connectivity index (χ3n) is 4.31. The molecule has 0 aliphatic carbocycles. The lowest BCUT2D eigenvalue weighted by molar-refractivity contribution is -0.131. The van der Waals surface area contributed by atoms with Gasteiger partial charge in [-0.15, -0.1) is 12.4 Å². The van der Waals surface area contributed by atoms with Crippen LogP contribution in [0.4, 0.5) is 0 Å². The standard InChI is InChI=1S/C15H28N2OS.ClH/c1-2-19-14-5-3-4-10-17(12-14)15(18)7-6-13-8-9-16-11-13;/h13-14,16H,2-12H2,1H3;1H. The molecule has 3 nitrogen and oxygen atoms in total. The average molecular weight is 321 g/mol. The lowest BCUT2D eigenvalue weighted by Gasteiger charge is -2.24. The average Bonchev–Trinajstić information content (AvgIpc) is 2.82. The zero-order valence-electron chi connectivity index (χ0n) is 12.6. The molecule has 2 aliphatic heterocycles. The van der Waals surface area contributed by atoms with Gasteiger partial charge in [0.25, 0.3) is 0 Å². The van der Waals surface area contributed by atoms with E-state index < -0.39 is 0 Å². The van der Waals surface area contributed by atoms with Crippen molar-refractivity contribution in [2.24, 2.45) is 5.92 Å². The number of carbonyl (C=O) groups excluding carboxylic acids is 1. The topological polar surface area (TPSA) is 32.3 Å². The third-order valence-corrected chi connectivity index (χ3v) is 5.50. The maximum Gasteiger partial charge on any atom is 0.222 e. The van der Waals surface area contributed by atoms with Gasteiger partial charge >= 0.3 is 0 Å². The molecule has 20 heavy (non-hydrogen) atoms. The Labute approximate surface area is 134 Å². The molecule has 2 heterocycles. The summed E-state index contributed by atoms with van der Waals surface area (Å²) in [4.78, 5) is 14.5. The molecule has 1 N–H and O–H groups in total. The van der Waals surface area contributed by atoms with Gasteiger partial charge in [-0.25, -0.2) is 0 Å². The monoisotopic (exact) mass is 320 g/mol. The predicted octanol–water partition coefficient (Wildman–Crippen LogP) is 2.93. The van der Waals surface area contributed by atoms with Gasteiger partial charge in [0.05, 0.1) is 0 Å². The molecular weight excluding hydrogens is 292 g/mol. The van der Waals surface area contributed by atoms with E-state index in [1.807, 2.05) is 11.8 Å². The number of carbonyl (C=O) groups is 1. The van der Waals surface area contributed by atoms with E-state index in [0.29, 0.717) is 11.2 Å². The van der Waals surface area contributed by atoms with E-state index in [4.69, 9.17) is 0 Å². The minimum atomic E-state index is 0. The fraction of sp³-hybridized carbons (Fsp3) is 0.933. The fourth-order valence-electron chi connectivity index (χ4n) is 3.15. The highest BCUT2D eigenvalue weighted by atomic mass is 35.5. The molecule has 5 heteroatoms. The third kappa shape index (κ3) is 5.82. The van der Waals surface area contributed by atoms with E-state index in [9.17, 15) is 4.79 Å². The highest BCUT2D eigenvalue weighted by Gasteiger charge is 2.23. The van der Waals surface area contributed by atoms with E-state index in [0.717, 1.165) is 44.9 Å². The van der Waals surface area contributed by atoms with Crippen LogP contribution in [0.25, 0.3) is 0 Å². The number of rotatable bonds is 5. The Kier molecular flexibility index (Phi) is 8.98. The number of thioether (sulfide) groups is 1. The first-order chi connectivity index (χ1) is 9.29. The van der Waals surface area contributed by atoms with Gasteiger partial charge in [0, 0.05) is 24.8 Å². The first-order valence-electron chi connectivity index (χ1n) is 7.89. The molecule has 0 radical (unpaired) electrons. The van der Waals surface area contributed by atoms with Crippen LogP contribution >= 0.6 is 24.2 Å². The van der Waals surface area contributed by atoms with Crippen LogP contribution in [0.2, 0.25) is 0 Å². The van der Waals surface area contributed by atoms with E-state index >= 15 is 0 Å². The SMILES string of the molecule is CCSC1CCCCN(C(=O)CCC2CCNC2)C1.Cl. The van der Waals surface area contributed by atoms with E-state index in [1.165, 1.54) is 31.4 Å². The molecular formula is C15H29ClN2OS. The summed E-state index contributed by atoms with van der Waals surface area (Å²) in [6.45, 7) is 6.44. The summed E-state index contributed by atoms with van der Waals surface area (Å²) in [5, 5.41) is 4.05. The first-order valence-corrected chi connectivity index (χ1v) is 8.94. The van der Waals surface area contributed by atoms with Crippen molar-refractivity contribution >= 4 is 30.1 Å². The van der Waals surface area contributed by atoms with Crippen molar-refractivity contribution in [1.29, 1.82) is 0 Å². The normalized spacial score (nSPS) is 26.9. The van der Waals surface area contributed by atoms with Gasteiger partial charge in [-0.1, -0.05) is 13.3 Å². The number of nitrogens with one attached hydrogen (secondary N) is 1. The summed E-state index contributed by atoms with van der Waals surface area (Å²) >= 11 is 2.03. The molecule has 0 aromatic heterocycles. The molecule has 2 unspecified atom stereocenters. The van der Waals surface area contributed by atoms with Crippen molar-refractivity contribution < 1.29 is 4.79 Å². The van der Waals surface area contributed by atoms with Crippen molar-refractivity contribution in [3.8, 4) is 0 Å². The Morgan fingerprint density at radius 3 is 2.90 bits per heavy atom. The van der Waals surface area contributed by atoms with Crippen molar-refractivity contribution in [2.75, 3.05) is 31.9 Å². The van der Waals surface area contributed by atoms with Crippen LogP contribution in [-0.2, 0) is 4.79 Å². The van der Waals surface area contributed by atoms with Crippen LogP contribution in [0.5, 0.6) is 0 Å². The summed E-state index contributed by atoms with van der Waals surface area (Å²) in [7, 11) is 0. The second-order valence-electron chi connectivity index (χ2n) is 5.81. The van der Waals surface area contributed by atoms with Crippen molar-refractivity contribution in [2.45, 2.75) is 50.7 Å². The Morgan fingerprint density at radius 1 is 1.35 bits per heavy atom. The number of hydrogen-bond donors (Lipinski definition) is 1. The largest absolute Gasteiger partial charge is 0.342 e. The Balaban J connectivity index is 0.00000200. The molecule has 2 atom stereocenters. The van der Waals surface area contributed by atoms with Crippen LogP contribution < -0.4 is 5.32 Å². The summed E-state index contributed by atoms with van der Waals surface area (Å²) in [5.74, 6) is 2.30. The lowest BCUT2D eigenvalue weighted by atomic mass is 10.0. The fourth-order valence-corrected chi connectivity index (χ4v) is 4.24. The number of nitrogens with zero attached hydrogens (tertiary/aromatic N) is 1. The maximum absolute atomic E-state index is 12.4. The first kappa shape index (κ1) is 18.1. The quantitative estimate of drug-likeness (QED) is 0.845. The highest BCUT2D eigenvalue weighted by molar-refractivity contribution is 7.99. The highest BCUT2D eigenvalue weighted by Crippen LogP contribution is 2.23. The van der Waals surface area contributed by atoms with Crippen LogP contribution in [0, 0.1) is 5.92 Å². The van der Waals surface area contributed by atoms with E-state index in [1.54, 1.807) is 0 Å². The van der Waals surface area contributed by atoms with Crippen LogP contribution in [0.15, 0.2) is 0 Å². The zero-order valence-corrected chi connectivity index (χ0v) is 14.2. The van der Waals surface area contributed by atoms with Gasteiger partial charge in [-0.3, -0.25) is 4.79 Å².